The fourth-order valence-electron chi connectivity index (χ4n) is 3.55. The van der Waals surface area contributed by atoms with Gasteiger partial charge < -0.3 is 19.0 Å². The van der Waals surface area contributed by atoms with Crippen LogP contribution in [0.5, 0.6) is 5.75 Å². The van der Waals surface area contributed by atoms with Gasteiger partial charge in [0.2, 0.25) is 0 Å². The summed E-state index contributed by atoms with van der Waals surface area (Å²) < 4.78 is 11.2. The number of aromatic nitrogens is 2. The van der Waals surface area contributed by atoms with Gasteiger partial charge in [0.1, 0.15) is 11.4 Å². The Hall–Kier alpha value is -3.35. The van der Waals surface area contributed by atoms with Crippen molar-refractivity contribution in [3.63, 3.8) is 0 Å². The molecular formula is C23H26N4O3. The molecule has 0 N–H and O–H groups in total. The molecule has 1 fully saturated rings. The summed E-state index contributed by atoms with van der Waals surface area (Å²) in [6.45, 7) is 6.99. The van der Waals surface area contributed by atoms with Crippen molar-refractivity contribution >= 4 is 11.7 Å². The van der Waals surface area contributed by atoms with Crippen LogP contribution in [-0.2, 0) is 4.79 Å². The fourth-order valence-corrected chi connectivity index (χ4v) is 3.55. The summed E-state index contributed by atoms with van der Waals surface area (Å²) >= 11 is 0. The van der Waals surface area contributed by atoms with Crippen molar-refractivity contribution in [1.29, 1.82) is 0 Å². The molecule has 0 spiro atoms. The van der Waals surface area contributed by atoms with Gasteiger partial charge in [-0.1, -0.05) is 32.0 Å². The molecule has 1 aromatic carbocycles. The molecule has 0 saturated carbocycles. The highest BCUT2D eigenvalue weighted by Gasteiger charge is 2.23. The molecule has 1 aliphatic rings. The number of anilines is 1. The number of carbonyl (C=O) groups excluding carboxylic acids is 1. The molecule has 30 heavy (non-hydrogen) atoms. The van der Waals surface area contributed by atoms with Crippen LogP contribution in [0.25, 0.3) is 11.5 Å². The van der Waals surface area contributed by atoms with Gasteiger partial charge in [0, 0.05) is 26.2 Å². The predicted molar refractivity (Wildman–Crippen MR) is 115 cm³/mol. The molecule has 1 aliphatic heterocycles. The van der Waals surface area contributed by atoms with E-state index in [1.165, 1.54) is 0 Å². The van der Waals surface area contributed by atoms with Crippen molar-refractivity contribution in [2.45, 2.75) is 19.8 Å². The second kappa shape index (κ2) is 8.98. The van der Waals surface area contributed by atoms with Gasteiger partial charge in [-0.2, -0.15) is 0 Å². The largest absolute Gasteiger partial charge is 0.483 e. The minimum Gasteiger partial charge on any atom is -0.483 e. The molecule has 0 bridgehead atoms. The topological polar surface area (TPSA) is 71.7 Å². The molecule has 156 valence electrons. The summed E-state index contributed by atoms with van der Waals surface area (Å²) in [5, 5.41) is 8.57. The zero-order chi connectivity index (χ0) is 20.9. The summed E-state index contributed by atoms with van der Waals surface area (Å²) in [5.74, 6) is 2.64. The molecule has 7 heteroatoms. The van der Waals surface area contributed by atoms with Gasteiger partial charge in [-0.25, -0.2) is 0 Å². The third kappa shape index (κ3) is 4.45. The first-order valence-corrected chi connectivity index (χ1v) is 10.2. The molecule has 0 atom stereocenters. The maximum Gasteiger partial charge on any atom is 0.260 e. The van der Waals surface area contributed by atoms with E-state index >= 15 is 0 Å². The van der Waals surface area contributed by atoms with Crippen molar-refractivity contribution in [3.8, 4) is 17.2 Å². The molecule has 1 saturated heterocycles. The maximum absolute atomic E-state index is 12.6. The van der Waals surface area contributed by atoms with Gasteiger partial charge in [0.05, 0.1) is 6.26 Å². The Labute approximate surface area is 176 Å². The predicted octanol–water partition coefficient (Wildman–Crippen LogP) is 3.59. The lowest BCUT2D eigenvalue weighted by molar-refractivity contribution is -0.133. The average molecular weight is 406 g/mol. The first-order valence-electron chi connectivity index (χ1n) is 10.2. The molecule has 1 amide bonds. The van der Waals surface area contributed by atoms with Crippen LogP contribution in [0.15, 0.2) is 59.2 Å². The molecule has 3 aromatic rings. The molecule has 0 radical (unpaired) electrons. The van der Waals surface area contributed by atoms with Crippen molar-refractivity contribution in [3.05, 3.63) is 60.4 Å². The number of rotatable bonds is 6. The van der Waals surface area contributed by atoms with Crippen LogP contribution in [0.1, 0.15) is 25.3 Å². The summed E-state index contributed by atoms with van der Waals surface area (Å²) in [7, 11) is 0. The van der Waals surface area contributed by atoms with Crippen LogP contribution >= 0.6 is 0 Å². The smallest absolute Gasteiger partial charge is 0.260 e. The Morgan fingerprint density at radius 3 is 2.50 bits per heavy atom. The average Bonchev–Trinajstić information content (AvgIpc) is 3.33. The molecular weight excluding hydrogens is 380 g/mol. The standard InChI is InChI=1S/C23H26N4O3/c1-17(2)18-6-3-4-7-20(18)30-16-23(28)27-13-11-26(12-14-27)22-10-9-19(24-25-22)21-8-5-15-29-21/h3-10,15,17H,11-14,16H2,1-2H3. The van der Waals surface area contributed by atoms with Crippen LogP contribution in [0.4, 0.5) is 5.82 Å². The Kier molecular flexibility index (Phi) is 5.97. The van der Waals surface area contributed by atoms with Crippen LogP contribution in [0, 0.1) is 0 Å². The number of benzene rings is 1. The zero-order valence-corrected chi connectivity index (χ0v) is 17.3. The number of hydrogen-bond acceptors (Lipinski definition) is 6. The minimum absolute atomic E-state index is 0.00691. The van der Waals surface area contributed by atoms with Crippen molar-refractivity contribution in [2.24, 2.45) is 0 Å². The molecule has 3 heterocycles. The number of piperazine rings is 1. The Morgan fingerprint density at radius 1 is 1.03 bits per heavy atom. The van der Waals surface area contributed by atoms with Gasteiger partial charge in [-0.15, -0.1) is 10.2 Å². The minimum atomic E-state index is 0.00691. The molecule has 7 nitrogen and oxygen atoms in total. The number of nitrogens with zero attached hydrogens (tertiary/aromatic N) is 4. The first kappa shape index (κ1) is 19.9. The number of para-hydroxylation sites is 1. The van der Waals surface area contributed by atoms with E-state index < -0.39 is 0 Å². The first-order chi connectivity index (χ1) is 14.6. The molecule has 0 aliphatic carbocycles. The quantitative estimate of drug-likeness (QED) is 0.623. The molecule has 2 aromatic heterocycles. The van der Waals surface area contributed by atoms with E-state index in [-0.39, 0.29) is 12.5 Å². The summed E-state index contributed by atoms with van der Waals surface area (Å²) in [6, 6.07) is 15.4. The summed E-state index contributed by atoms with van der Waals surface area (Å²) in [5.41, 5.74) is 1.82. The normalized spacial score (nSPS) is 14.2. The fraction of sp³-hybridized carbons (Fsp3) is 0.348. The second-order valence-electron chi connectivity index (χ2n) is 7.60. The SMILES string of the molecule is CC(C)c1ccccc1OCC(=O)N1CCN(c2ccc(-c3ccco3)nn2)CC1. The highest BCUT2D eigenvalue weighted by atomic mass is 16.5. The third-order valence-corrected chi connectivity index (χ3v) is 5.27. The van der Waals surface area contributed by atoms with Crippen molar-refractivity contribution in [2.75, 3.05) is 37.7 Å². The molecule has 4 rings (SSSR count). The van der Waals surface area contributed by atoms with Gasteiger partial charge in [-0.05, 0) is 41.8 Å². The third-order valence-electron chi connectivity index (χ3n) is 5.27. The van der Waals surface area contributed by atoms with Crippen LogP contribution in [-0.4, -0.2) is 53.8 Å². The van der Waals surface area contributed by atoms with Gasteiger partial charge in [0.15, 0.2) is 18.2 Å². The van der Waals surface area contributed by atoms with E-state index in [0.29, 0.717) is 43.6 Å². The molecule has 0 unspecified atom stereocenters. The van der Waals surface area contributed by atoms with Crippen LogP contribution in [0.3, 0.4) is 0 Å². The van der Waals surface area contributed by atoms with E-state index in [4.69, 9.17) is 9.15 Å². The van der Waals surface area contributed by atoms with E-state index in [1.807, 2.05) is 53.4 Å². The van der Waals surface area contributed by atoms with Crippen LogP contribution < -0.4 is 9.64 Å². The lowest BCUT2D eigenvalue weighted by Gasteiger charge is -2.35. The Morgan fingerprint density at radius 2 is 1.83 bits per heavy atom. The summed E-state index contributed by atoms with van der Waals surface area (Å²) in [4.78, 5) is 16.6. The van der Waals surface area contributed by atoms with E-state index in [2.05, 4.69) is 28.9 Å². The highest BCUT2D eigenvalue weighted by Crippen LogP contribution is 2.26. The van der Waals surface area contributed by atoms with Crippen molar-refractivity contribution < 1.29 is 13.9 Å². The highest BCUT2D eigenvalue weighted by molar-refractivity contribution is 5.78. The van der Waals surface area contributed by atoms with Crippen molar-refractivity contribution in [1.82, 2.24) is 15.1 Å². The van der Waals surface area contributed by atoms with E-state index in [1.54, 1.807) is 6.26 Å². The van der Waals surface area contributed by atoms with E-state index in [9.17, 15) is 4.79 Å². The Bertz CT molecular complexity index is 962. The number of hydrogen-bond donors (Lipinski definition) is 0. The van der Waals surface area contributed by atoms with Gasteiger partial charge in [-0.3, -0.25) is 4.79 Å². The van der Waals surface area contributed by atoms with Gasteiger partial charge >= 0.3 is 0 Å². The number of amides is 1. The van der Waals surface area contributed by atoms with E-state index in [0.717, 1.165) is 17.1 Å². The Balaban J connectivity index is 1.29. The number of furan rings is 1. The number of carbonyl (C=O) groups is 1. The maximum atomic E-state index is 12.6. The lowest BCUT2D eigenvalue weighted by atomic mass is 10.0. The summed E-state index contributed by atoms with van der Waals surface area (Å²) in [6.07, 6.45) is 1.62. The second-order valence-corrected chi connectivity index (χ2v) is 7.60. The van der Waals surface area contributed by atoms with Gasteiger partial charge in [0.25, 0.3) is 5.91 Å². The lowest BCUT2D eigenvalue weighted by Crippen LogP contribution is -2.50. The monoisotopic (exact) mass is 406 g/mol. The zero-order valence-electron chi connectivity index (χ0n) is 17.3. The van der Waals surface area contributed by atoms with Crippen LogP contribution in [0.2, 0.25) is 0 Å². The number of ether oxygens (including phenoxy) is 1.